The lowest BCUT2D eigenvalue weighted by Gasteiger charge is -2.38. The third-order valence-corrected chi connectivity index (χ3v) is 9.43. The predicted molar refractivity (Wildman–Crippen MR) is 162 cm³/mol. The van der Waals surface area contributed by atoms with E-state index in [2.05, 4.69) is 55.3 Å². The van der Waals surface area contributed by atoms with E-state index in [1.165, 1.54) is 56.9 Å². The maximum absolute atomic E-state index is 13.5. The first-order valence-electron chi connectivity index (χ1n) is 14.7. The summed E-state index contributed by atoms with van der Waals surface area (Å²) in [5.41, 5.74) is 5.02. The summed E-state index contributed by atoms with van der Waals surface area (Å²) >= 11 is 1.58. The second kappa shape index (κ2) is 13.4. The van der Waals surface area contributed by atoms with Gasteiger partial charge in [0.1, 0.15) is 6.04 Å². The van der Waals surface area contributed by atoms with Crippen molar-refractivity contribution in [3.05, 3.63) is 59.2 Å². The van der Waals surface area contributed by atoms with Gasteiger partial charge in [-0.15, -0.1) is 0 Å². The van der Waals surface area contributed by atoms with Crippen LogP contribution in [0.4, 0.5) is 0 Å². The van der Waals surface area contributed by atoms with Crippen molar-refractivity contribution in [3.8, 4) is 11.1 Å². The maximum Gasteiger partial charge on any atom is 0.326 e. The van der Waals surface area contributed by atoms with E-state index in [0.29, 0.717) is 29.3 Å². The van der Waals surface area contributed by atoms with E-state index in [0.717, 1.165) is 29.2 Å². The number of aliphatic carboxylic acids is 1. The Balaban J connectivity index is 1.62. The fourth-order valence-corrected chi connectivity index (χ4v) is 6.96. The number of hydrogen-bond donors (Lipinski definition) is 2. The number of aryl methyl sites for hydroxylation is 1. The lowest BCUT2D eigenvalue weighted by Crippen LogP contribution is -2.43. The van der Waals surface area contributed by atoms with E-state index in [4.69, 9.17) is 0 Å². The molecule has 2 N–H and O–H groups in total. The van der Waals surface area contributed by atoms with E-state index in [9.17, 15) is 14.7 Å². The molecule has 2 aromatic carbocycles. The first-order valence-corrected chi connectivity index (χ1v) is 16.1. The number of carboxylic acid groups (broad SMARTS) is 1. The number of amides is 1. The van der Waals surface area contributed by atoms with Crippen molar-refractivity contribution >= 4 is 23.6 Å². The highest BCUT2D eigenvalue weighted by atomic mass is 32.2. The number of benzene rings is 2. The Labute approximate surface area is 239 Å². The zero-order chi connectivity index (χ0) is 28.0. The van der Waals surface area contributed by atoms with Crippen LogP contribution in [0, 0.1) is 12.8 Å². The molecule has 5 nitrogen and oxygen atoms in total. The Kier molecular flexibility index (Phi) is 10.2. The molecule has 2 saturated carbocycles. The van der Waals surface area contributed by atoms with E-state index >= 15 is 0 Å². The number of carbonyl (C=O) groups is 2. The number of hydrogen-bond acceptors (Lipinski definition) is 4. The van der Waals surface area contributed by atoms with Crippen LogP contribution in [0.25, 0.3) is 11.1 Å². The van der Waals surface area contributed by atoms with E-state index in [-0.39, 0.29) is 5.91 Å². The smallest absolute Gasteiger partial charge is 0.326 e. The highest BCUT2D eigenvalue weighted by Gasteiger charge is 2.49. The van der Waals surface area contributed by atoms with Crippen LogP contribution in [0.5, 0.6) is 0 Å². The topological polar surface area (TPSA) is 69.6 Å². The minimum Gasteiger partial charge on any atom is -0.480 e. The van der Waals surface area contributed by atoms with Crippen LogP contribution in [0.3, 0.4) is 0 Å². The number of nitrogens with one attached hydrogen (secondary N) is 1. The Bertz CT molecular complexity index is 1140. The molecule has 212 valence electrons. The summed E-state index contributed by atoms with van der Waals surface area (Å²) in [5, 5.41) is 12.5. The van der Waals surface area contributed by atoms with Gasteiger partial charge in [-0.1, -0.05) is 62.4 Å². The summed E-state index contributed by atoms with van der Waals surface area (Å²) in [6.45, 7) is 7.54. The van der Waals surface area contributed by atoms with Gasteiger partial charge in [-0.25, -0.2) is 4.79 Å². The van der Waals surface area contributed by atoms with Gasteiger partial charge in [0.25, 0.3) is 5.91 Å². The molecular weight excluding hydrogens is 504 g/mol. The first kappa shape index (κ1) is 29.7. The Morgan fingerprint density at radius 3 is 2.41 bits per heavy atom. The molecule has 2 aliphatic carbocycles. The number of rotatable bonds is 13. The van der Waals surface area contributed by atoms with Crippen molar-refractivity contribution in [2.24, 2.45) is 5.92 Å². The highest BCUT2D eigenvalue weighted by Crippen LogP contribution is 2.50. The summed E-state index contributed by atoms with van der Waals surface area (Å²) in [7, 11) is 0. The van der Waals surface area contributed by atoms with Crippen LogP contribution in [-0.2, 0) is 11.3 Å². The molecule has 0 aromatic heterocycles. The van der Waals surface area contributed by atoms with Gasteiger partial charge in [0.05, 0.1) is 0 Å². The largest absolute Gasteiger partial charge is 0.480 e. The lowest BCUT2D eigenvalue weighted by molar-refractivity contribution is -0.139. The molecule has 6 heteroatoms. The molecule has 4 rings (SSSR count). The number of carboxylic acids is 1. The molecular formula is C33H46N2O3S. The minimum atomic E-state index is -0.994. The number of thioether (sulfide) groups is 1. The van der Waals surface area contributed by atoms with Crippen molar-refractivity contribution in [1.82, 2.24) is 10.2 Å². The molecule has 1 amide bonds. The molecule has 2 fully saturated rings. The predicted octanol–water partition coefficient (Wildman–Crippen LogP) is 7.31. The molecule has 0 saturated heterocycles. The van der Waals surface area contributed by atoms with Crippen molar-refractivity contribution < 1.29 is 14.7 Å². The van der Waals surface area contributed by atoms with Gasteiger partial charge >= 0.3 is 5.97 Å². The van der Waals surface area contributed by atoms with Gasteiger partial charge in [-0.2, -0.15) is 11.8 Å². The minimum absolute atomic E-state index is 0.307. The summed E-state index contributed by atoms with van der Waals surface area (Å²) in [5.74, 6) is 0.204. The standard InChI is InChI=1S/C33H46N2O3S/c1-23(2)35(33(17-18-33)21-25-11-6-5-7-12-25)22-26-14-15-28(29(20-26)27-13-9-8-10-24(27)3)31(36)34-30(32(37)38)16-19-39-4/h8-10,13-15,20,23,25,30H,5-7,11-12,16-19,21-22H2,1-4H3,(H,34,36)(H,37,38)/t30-/m0/s1. The molecule has 0 unspecified atom stereocenters. The molecule has 39 heavy (non-hydrogen) atoms. The van der Waals surface area contributed by atoms with E-state index < -0.39 is 12.0 Å². The van der Waals surface area contributed by atoms with Gasteiger partial charge in [0.15, 0.2) is 0 Å². The number of carbonyl (C=O) groups excluding carboxylic acids is 1. The zero-order valence-corrected chi connectivity index (χ0v) is 25.0. The zero-order valence-electron chi connectivity index (χ0n) is 24.2. The molecule has 0 radical (unpaired) electrons. The van der Waals surface area contributed by atoms with Gasteiger partial charge in [-0.3, -0.25) is 9.69 Å². The monoisotopic (exact) mass is 550 g/mol. The second-order valence-corrected chi connectivity index (χ2v) is 13.0. The molecule has 0 bridgehead atoms. The molecule has 0 aliphatic heterocycles. The Morgan fingerprint density at radius 2 is 1.79 bits per heavy atom. The molecule has 1 atom stereocenters. The summed E-state index contributed by atoms with van der Waals surface area (Å²) < 4.78 is 0. The van der Waals surface area contributed by atoms with Crippen LogP contribution in [0.15, 0.2) is 42.5 Å². The molecule has 0 spiro atoms. The lowest BCUT2D eigenvalue weighted by atomic mass is 9.83. The Hall–Kier alpha value is -2.31. The average molecular weight is 551 g/mol. The average Bonchev–Trinajstić information content (AvgIpc) is 3.69. The quantitative estimate of drug-likeness (QED) is 0.274. The third kappa shape index (κ3) is 7.46. The van der Waals surface area contributed by atoms with Crippen LogP contribution in [-0.4, -0.2) is 51.5 Å². The van der Waals surface area contributed by atoms with Gasteiger partial charge in [0, 0.05) is 23.7 Å². The summed E-state index contributed by atoms with van der Waals surface area (Å²) in [6, 6.07) is 13.8. The molecule has 2 aliphatic rings. The summed E-state index contributed by atoms with van der Waals surface area (Å²) in [4.78, 5) is 28.0. The van der Waals surface area contributed by atoms with Crippen LogP contribution >= 0.6 is 11.8 Å². The molecule has 0 heterocycles. The fraction of sp³-hybridized carbons (Fsp3) is 0.576. The van der Waals surface area contributed by atoms with Gasteiger partial charge in [0.2, 0.25) is 0 Å². The number of nitrogens with zero attached hydrogens (tertiary/aromatic N) is 1. The third-order valence-electron chi connectivity index (χ3n) is 8.78. The fourth-order valence-electron chi connectivity index (χ4n) is 6.49. The van der Waals surface area contributed by atoms with E-state index in [1.54, 1.807) is 11.8 Å². The Morgan fingerprint density at radius 1 is 1.08 bits per heavy atom. The normalized spacial score (nSPS) is 17.8. The summed E-state index contributed by atoms with van der Waals surface area (Å²) in [6.07, 6.45) is 13.1. The van der Waals surface area contributed by atoms with Crippen molar-refractivity contribution in [2.45, 2.75) is 103 Å². The van der Waals surface area contributed by atoms with Crippen molar-refractivity contribution in [3.63, 3.8) is 0 Å². The SMILES string of the molecule is CSCC[C@H](NC(=O)c1ccc(CN(C(C)C)C2(CC3CCCCC3)CC2)cc1-c1ccccc1C)C(=O)O. The van der Waals surface area contributed by atoms with E-state index in [1.807, 2.05) is 24.5 Å². The van der Waals surface area contributed by atoms with Gasteiger partial charge in [-0.05, 0) is 98.8 Å². The van der Waals surface area contributed by atoms with Gasteiger partial charge < -0.3 is 10.4 Å². The second-order valence-electron chi connectivity index (χ2n) is 12.0. The van der Waals surface area contributed by atoms with Crippen molar-refractivity contribution in [2.75, 3.05) is 12.0 Å². The highest BCUT2D eigenvalue weighted by molar-refractivity contribution is 7.98. The molecule has 2 aromatic rings. The maximum atomic E-state index is 13.5. The van der Waals surface area contributed by atoms with Crippen LogP contribution in [0.1, 0.15) is 93.1 Å². The van der Waals surface area contributed by atoms with Crippen molar-refractivity contribution in [1.29, 1.82) is 0 Å². The van der Waals surface area contributed by atoms with Crippen LogP contribution < -0.4 is 5.32 Å². The van der Waals surface area contributed by atoms with Crippen LogP contribution in [0.2, 0.25) is 0 Å². The first-order chi connectivity index (χ1) is 18.7.